The maximum absolute atomic E-state index is 6.84. The number of rotatable bonds is 6. The third-order valence-corrected chi connectivity index (χ3v) is 14.2. The van der Waals surface area contributed by atoms with Gasteiger partial charge >= 0.3 is 0 Å². The molecule has 0 saturated heterocycles. The SMILES string of the molecule is CC1(C)CCC(C)(C)c2cc3c(cc21)oc1c(-c2ccc(-c4ccccc4N(c4cccc(-c5ccccc5)c4)c4cccc5c4-c4ccccc4C5(C)C)cc2)cccc13. The van der Waals surface area contributed by atoms with Crippen molar-refractivity contribution in [3.05, 3.63) is 198 Å². The molecule has 11 rings (SSSR count). The molecule has 0 radical (unpaired) electrons. The largest absolute Gasteiger partial charge is 0.455 e. The average Bonchev–Trinajstić information content (AvgIpc) is 3.77. The van der Waals surface area contributed by atoms with Crippen molar-refractivity contribution in [2.45, 2.75) is 70.6 Å². The lowest BCUT2D eigenvalue weighted by molar-refractivity contribution is 0.332. The molecule has 0 aliphatic heterocycles. The smallest absolute Gasteiger partial charge is 0.143 e. The number of benzene rings is 8. The van der Waals surface area contributed by atoms with Gasteiger partial charge in [0.15, 0.2) is 0 Å². The number of fused-ring (bicyclic) bond motifs is 7. The summed E-state index contributed by atoms with van der Waals surface area (Å²) in [4.78, 5) is 2.49. The topological polar surface area (TPSA) is 16.4 Å². The Kier molecular flexibility index (Phi) is 8.39. The van der Waals surface area contributed by atoms with Crippen LogP contribution in [0.1, 0.15) is 76.6 Å². The van der Waals surface area contributed by atoms with Crippen molar-refractivity contribution in [2.24, 2.45) is 0 Å². The molecular formula is C59H51NO. The maximum Gasteiger partial charge on any atom is 0.143 e. The van der Waals surface area contributed by atoms with E-state index >= 15 is 0 Å². The zero-order chi connectivity index (χ0) is 41.7. The molecule has 0 N–H and O–H groups in total. The highest BCUT2D eigenvalue weighted by Crippen LogP contribution is 2.55. The minimum Gasteiger partial charge on any atom is -0.455 e. The van der Waals surface area contributed by atoms with Crippen molar-refractivity contribution in [3.63, 3.8) is 0 Å². The number of anilines is 3. The van der Waals surface area contributed by atoms with Gasteiger partial charge in [-0.2, -0.15) is 0 Å². The highest BCUT2D eigenvalue weighted by atomic mass is 16.3. The van der Waals surface area contributed by atoms with Crippen LogP contribution in [0.5, 0.6) is 0 Å². The summed E-state index contributed by atoms with van der Waals surface area (Å²) in [7, 11) is 0. The lowest BCUT2D eigenvalue weighted by atomic mass is 9.63. The van der Waals surface area contributed by atoms with E-state index in [1.54, 1.807) is 0 Å². The summed E-state index contributed by atoms with van der Waals surface area (Å²) in [6, 6.07) is 64.9. The average molecular weight is 790 g/mol. The Balaban J connectivity index is 1.05. The molecule has 298 valence electrons. The first-order valence-corrected chi connectivity index (χ1v) is 21.9. The summed E-state index contributed by atoms with van der Waals surface area (Å²) in [6.45, 7) is 14.3. The Labute approximate surface area is 360 Å². The zero-order valence-corrected chi connectivity index (χ0v) is 36.0. The predicted molar refractivity (Wildman–Crippen MR) is 258 cm³/mol. The van der Waals surface area contributed by atoms with E-state index in [0.717, 1.165) is 39.2 Å². The van der Waals surface area contributed by atoms with Crippen LogP contribution in [0.4, 0.5) is 17.1 Å². The van der Waals surface area contributed by atoms with Gasteiger partial charge in [-0.05, 0) is 110 Å². The molecular weight excluding hydrogens is 739 g/mol. The number of nitrogens with zero attached hydrogens (tertiary/aromatic N) is 1. The Hall–Kier alpha value is -6.64. The van der Waals surface area contributed by atoms with E-state index in [1.165, 1.54) is 79.4 Å². The minimum atomic E-state index is -0.121. The fourth-order valence-corrected chi connectivity index (χ4v) is 10.6. The van der Waals surface area contributed by atoms with Gasteiger partial charge in [0.05, 0.1) is 11.4 Å². The summed E-state index contributed by atoms with van der Waals surface area (Å²) in [5, 5.41) is 2.39. The van der Waals surface area contributed by atoms with Gasteiger partial charge in [0.25, 0.3) is 0 Å². The van der Waals surface area contributed by atoms with Crippen LogP contribution < -0.4 is 4.90 Å². The van der Waals surface area contributed by atoms with Gasteiger partial charge in [0.2, 0.25) is 0 Å². The van der Waals surface area contributed by atoms with Gasteiger partial charge in [0, 0.05) is 38.6 Å². The fourth-order valence-electron chi connectivity index (χ4n) is 10.6. The molecule has 0 spiro atoms. The molecule has 9 aromatic rings. The second kappa shape index (κ2) is 13.7. The highest BCUT2D eigenvalue weighted by Gasteiger charge is 2.39. The summed E-state index contributed by atoms with van der Waals surface area (Å²) in [5.41, 5.74) is 20.7. The van der Waals surface area contributed by atoms with Gasteiger partial charge < -0.3 is 9.32 Å². The zero-order valence-electron chi connectivity index (χ0n) is 36.0. The Morgan fingerprint density at radius 1 is 0.410 bits per heavy atom. The molecule has 1 aromatic heterocycles. The van der Waals surface area contributed by atoms with E-state index in [4.69, 9.17) is 4.42 Å². The van der Waals surface area contributed by atoms with E-state index in [0.29, 0.717) is 0 Å². The van der Waals surface area contributed by atoms with Gasteiger partial charge in [-0.1, -0.05) is 181 Å². The third-order valence-electron chi connectivity index (χ3n) is 14.2. The molecule has 2 heteroatoms. The van der Waals surface area contributed by atoms with Crippen molar-refractivity contribution in [3.8, 4) is 44.5 Å². The van der Waals surface area contributed by atoms with Crippen LogP contribution in [0.3, 0.4) is 0 Å². The molecule has 0 atom stereocenters. The molecule has 0 bridgehead atoms. The van der Waals surface area contributed by atoms with Crippen molar-refractivity contribution in [1.29, 1.82) is 0 Å². The Bertz CT molecular complexity index is 3160. The van der Waals surface area contributed by atoms with Gasteiger partial charge in [-0.3, -0.25) is 0 Å². The van der Waals surface area contributed by atoms with Gasteiger partial charge in [-0.15, -0.1) is 0 Å². The summed E-state index contributed by atoms with van der Waals surface area (Å²) >= 11 is 0. The quantitative estimate of drug-likeness (QED) is 0.167. The standard InChI is InChI=1S/C59H51NO/c1-57(2)33-34-58(3,4)51-37-54-47(36-50(51)57)45-24-15-23-44(56(45)61-54)40-31-29-39(30-32-40)43-21-11-13-27-52(43)60(42-20-14-19-41(35-42)38-17-8-7-9-18-38)53-28-16-26-49-55(53)46-22-10-12-25-48(46)59(49,5)6/h7-32,35-37H,33-34H2,1-6H3. The highest BCUT2D eigenvalue weighted by molar-refractivity contribution is 6.10. The van der Waals surface area contributed by atoms with E-state index in [-0.39, 0.29) is 16.2 Å². The second-order valence-electron chi connectivity index (χ2n) is 19.2. The first-order valence-electron chi connectivity index (χ1n) is 21.9. The van der Waals surface area contributed by atoms with Crippen molar-refractivity contribution in [1.82, 2.24) is 0 Å². The Morgan fingerprint density at radius 2 is 0.984 bits per heavy atom. The van der Waals surface area contributed by atoms with Crippen LogP contribution in [0, 0.1) is 0 Å². The molecule has 0 saturated carbocycles. The molecule has 2 aliphatic carbocycles. The van der Waals surface area contributed by atoms with Crippen LogP contribution in [0.15, 0.2) is 180 Å². The minimum absolute atomic E-state index is 0.120. The van der Waals surface area contributed by atoms with Crippen molar-refractivity contribution in [2.75, 3.05) is 4.90 Å². The number of para-hydroxylation sites is 2. The van der Waals surface area contributed by atoms with Crippen molar-refractivity contribution < 1.29 is 4.42 Å². The molecule has 61 heavy (non-hydrogen) atoms. The first-order chi connectivity index (χ1) is 29.5. The summed E-state index contributed by atoms with van der Waals surface area (Å²) in [6.07, 6.45) is 2.36. The van der Waals surface area contributed by atoms with Crippen LogP contribution in [0.25, 0.3) is 66.4 Å². The molecule has 2 nitrogen and oxygen atoms in total. The molecule has 8 aromatic carbocycles. The predicted octanol–water partition coefficient (Wildman–Crippen LogP) is 16.7. The van der Waals surface area contributed by atoms with Crippen LogP contribution in [-0.4, -0.2) is 0 Å². The number of hydrogen-bond acceptors (Lipinski definition) is 2. The van der Waals surface area contributed by atoms with E-state index < -0.39 is 0 Å². The first kappa shape index (κ1) is 37.4. The van der Waals surface area contributed by atoms with Gasteiger partial charge in [0.1, 0.15) is 11.2 Å². The van der Waals surface area contributed by atoms with Crippen LogP contribution >= 0.6 is 0 Å². The lowest BCUT2D eigenvalue weighted by Crippen LogP contribution is -2.33. The third kappa shape index (κ3) is 5.91. The molecule has 2 aliphatic rings. The Morgan fingerprint density at radius 3 is 1.75 bits per heavy atom. The monoisotopic (exact) mass is 789 g/mol. The summed E-state index contributed by atoms with van der Waals surface area (Å²) < 4.78 is 6.84. The molecule has 0 fully saturated rings. The van der Waals surface area contributed by atoms with Crippen LogP contribution in [0.2, 0.25) is 0 Å². The normalized spacial score (nSPS) is 15.6. The fraction of sp³-hybridized carbons (Fsp3) is 0.186. The summed E-state index contributed by atoms with van der Waals surface area (Å²) in [5.74, 6) is 0. The second-order valence-corrected chi connectivity index (χ2v) is 19.2. The van der Waals surface area contributed by atoms with E-state index in [1.807, 2.05) is 0 Å². The number of furan rings is 1. The number of hydrogen-bond donors (Lipinski definition) is 0. The van der Waals surface area contributed by atoms with E-state index in [9.17, 15) is 0 Å². The van der Waals surface area contributed by atoms with Gasteiger partial charge in [-0.25, -0.2) is 0 Å². The van der Waals surface area contributed by atoms with Crippen molar-refractivity contribution >= 4 is 39.0 Å². The molecule has 0 unspecified atom stereocenters. The lowest BCUT2D eigenvalue weighted by Gasteiger charge is -2.41. The van der Waals surface area contributed by atoms with Crippen LogP contribution in [-0.2, 0) is 16.2 Å². The van der Waals surface area contributed by atoms with E-state index in [2.05, 4.69) is 222 Å². The maximum atomic E-state index is 6.84. The molecule has 1 heterocycles. The molecule has 0 amide bonds.